The van der Waals surface area contributed by atoms with Crippen LogP contribution in [0, 0.1) is 0 Å². The molecule has 148 valence electrons. The summed E-state index contributed by atoms with van der Waals surface area (Å²) in [6.45, 7) is 0. The summed E-state index contributed by atoms with van der Waals surface area (Å²) in [5, 5.41) is 3.44. The smallest absolute Gasteiger partial charge is 0.279 e. The number of fused-ring (bicyclic) bond motifs is 1. The molecule has 1 aromatic heterocycles. The van der Waals surface area contributed by atoms with Crippen LogP contribution in [0.15, 0.2) is 64.5 Å². The summed E-state index contributed by atoms with van der Waals surface area (Å²) in [4.78, 5) is 29.8. The maximum absolute atomic E-state index is 13.0. The van der Waals surface area contributed by atoms with Crippen LogP contribution in [0.25, 0.3) is 0 Å². The Hall–Kier alpha value is -3.06. The van der Waals surface area contributed by atoms with Crippen LogP contribution in [0.5, 0.6) is 5.75 Å². The molecular weight excluding hydrogens is 386 g/mol. The van der Waals surface area contributed by atoms with Crippen molar-refractivity contribution in [2.45, 2.75) is 23.2 Å². The fraction of sp³-hybridized carbons (Fsp3) is 0.227. The van der Waals surface area contributed by atoms with Crippen molar-refractivity contribution in [3.63, 3.8) is 0 Å². The zero-order valence-corrected chi connectivity index (χ0v) is 17.0. The van der Waals surface area contributed by atoms with Crippen LogP contribution in [-0.4, -0.2) is 22.6 Å². The molecule has 2 heterocycles. The molecule has 0 aliphatic carbocycles. The molecule has 29 heavy (non-hydrogen) atoms. The first-order valence-electron chi connectivity index (χ1n) is 9.29. The number of methoxy groups -OCH3 is 1. The van der Waals surface area contributed by atoms with E-state index in [9.17, 15) is 9.59 Å². The average molecular weight is 407 g/mol. The van der Waals surface area contributed by atoms with Gasteiger partial charge in [-0.1, -0.05) is 60.3 Å². The summed E-state index contributed by atoms with van der Waals surface area (Å²) < 4.78 is 7.26. The molecule has 6 nitrogen and oxygen atoms in total. The lowest BCUT2D eigenvalue weighted by Crippen LogP contribution is -2.33. The van der Waals surface area contributed by atoms with E-state index in [0.717, 1.165) is 11.1 Å². The summed E-state index contributed by atoms with van der Waals surface area (Å²) in [7, 11) is 3.41. The van der Waals surface area contributed by atoms with E-state index in [2.05, 4.69) is 10.3 Å². The Balaban J connectivity index is 1.75. The van der Waals surface area contributed by atoms with Crippen molar-refractivity contribution >= 4 is 23.5 Å². The highest BCUT2D eigenvalue weighted by Crippen LogP contribution is 2.39. The lowest BCUT2D eigenvalue weighted by Gasteiger charge is -2.28. The van der Waals surface area contributed by atoms with Crippen LogP contribution in [0.4, 0.5) is 5.82 Å². The van der Waals surface area contributed by atoms with Crippen LogP contribution in [0.2, 0.25) is 0 Å². The molecule has 4 rings (SSSR count). The first-order chi connectivity index (χ1) is 14.1. The van der Waals surface area contributed by atoms with E-state index in [1.54, 1.807) is 11.7 Å². The number of carbonyl (C=O) groups excluding carboxylic acids is 1. The largest absolute Gasteiger partial charge is 0.496 e. The third-order valence-corrected chi connectivity index (χ3v) is 6.13. The van der Waals surface area contributed by atoms with Gasteiger partial charge in [-0.25, -0.2) is 0 Å². The normalized spacial score (nSPS) is 15.5. The van der Waals surface area contributed by atoms with Gasteiger partial charge in [0.15, 0.2) is 5.16 Å². The Morgan fingerprint density at radius 2 is 1.86 bits per heavy atom. The van der Waals surface area contributed by atoms with Gasteiger partial charge in [-0.15, -0.1) is 0 Å². The van der Waals surface area contributed by atoms with Gasteiger partial charge in [-0.2, -0.15) is 4.98 Å². The minimum atomic E-state index is -0.394. The van der Waals surface area contributed by atoms with Crippen molar-refractivity contribution in [2.75, 3.05) is 12.4 Å². The molecule has 0 saturated heterocycles. The van der Waals surface area contributed by atoms with Gasteiger partial charge in [0.2, 0.25) is 5.91 Å². The minimum Gasteiger partial charge on any atom is -0.496 e. The zero-order chi connectivity index (χ0) is 20.4. The van der Waals surface area contributed by atoms with Crippen LogP contribution in [0.3, 0.4) is 0 Å². The number of aromatic nitrogens is 2. The fourth-order valence-electron chi connectivity index (χ4n) is 3.61. The highest BCUT2D eigenvalue weighted by molar-refractivity contribution is 7.98. The van der Waals surface area contributed by atoms with Crippen LogP contribution >= 0.6 is 11.8 Å². The monoisotopic (exact) mass is 407 g/mol. The number of amides is 1. The summed E-state index contributed by atoms with van der Waals surface area (Å²) in [5.41, 5.74) is 2.14. The first-order valence-corrected chi connectivity index (χ1v) is 10.3. The Morgan fingerprint density at radius 1 is 1.14 bits per heavy atom. The average Bonchev–Trinajstić information content (AvgIpc) is 2.75. The molecule has 0 radical (unpaired) electrons. The number of hydrogen-bond acceptors (Lipinski definition) is 5. The van der Waals surface area contributed by atoms with Crippen molar-refractivity contribution < 1.29 is 9.53 Å². The third-order valence-electron chi connectivity index (χ3n) is 5.03. The number of nitrogens with one attached hydrogen (secondary N) is 1. The van der Waals surface area contributed by atoms with Gasteiger partial charge < -0.3 is 14.6 Å². The second kappa shape index (κ2) is 8.13. The lowest BCUT2D eigenvalue weighted by molar-refractivity contribution is -0.116. The number of thioether (sulfide) groups is 1. The predicted molar refractivity (Wildman–Crippen MR) is 114 cm³/mol. The van der Waals surface area contributed by atoms with Gasteiger partial charge >= 0.3 is 0 Å². The zero-order valence-electron chi connectivity index (χ0n) is 16.2. The first kappa shape index (κ1) is 19.3. The van der Waals surface area contributed by atoms with Crippen molar-refractivity contribution in [1.29, 1.82) is 0 Å². The van der Waals surface area contributed by atoms with E-state index < -0.39 is 5.92 Å². The van der Waals surface area contributed by atoms with Gasteiger partial charge in [0.1, 0.15) is 11.6 Å². The van der Waals surface area contributed by atoms with E-state index in [1.165, 1.54) is 11.8 Å². The van der Waals surface area contributed by atoms with Crippen molar-refractivity contribution in [3.8, 4) is 5.75 Å². The van der Waals surface area contributed by atoms with E-state index in [4.69, 9.17) is 4.74 Å². The SMILES string of the molecule is COc1ccccc1C1CC(=O)Nc2c1c(=O)nc(SCc1ccccc1)n2C. The topological polar surface area (TPSA) is 73.2 Å². The molecule has 3 aromatic rings. The van der Waals surface area contributed by atoms with Crippen LogP contribution in [0.1, 0.15) is 29.0 Å². The number of hydrogen-bond donors (Lipinski definition) is 1. The van der Waals surface area contributed by atoms with Crippen LogP contribution < -0.4 is 15.6 Å². The Morgan fingerprint density at radius 3 is 2.62 bits per heavy atom. The second-order valence-electron chi connectivity index (χ2n) is 6.84. The number of carbonyl (C=O) groups is 1. The number of nitrogens with zero attached hydrogens (tertiary/aromatic N) is 2. The van der Waals surface area contributed by atoms with E-state index in [-0.39, 0.29) is 17.9 Å². The number of benzene rings is 2. The Labute approximate surface area is 172 Å². The van der Waals surface area contributed by atoms with E-state index >= 15 is 0 Å². The highest BCUT2D eigenvalue weighted by atomic mass is 32.2. The van der Waals surface area contributed by atoms with Gasteiger partial charge in [0.05, 0.1) is 12.7 Å². The van der Waals surface area contributed by atoms with Gasteiger partial charge in [0.25, 0.3) is 5.56 Å². The molecule has 0 bridgehead atoms. The molecule has 7 heteroatoms. The number of para-hydroxylation sites is 1. The molecule has 1 aliphatic rings. The van der Waals surface area contributed by atoms with E-state index in [0.29, 0.717) is 28.0 Å². The maximum Gasteiger partial charge on any atom is 0.279 e. The molecule has 1 unspecified atom stereocenters. The third kappa shape index (κ3) is 3.78. The summed E-state index contributed by atoms with van der Waals surface area (Å²) in [6.07, 6.45) is 0.181. The lowest BCUT2D eigenvalue weighted by atomic mass is 9.86. The quantitative estimate of drug-likeness (QED) is 0.517. The number of rotatable bonds is 5. The highest BCUT2D eigenvalue weighted by Gasteiger charge is 2.33. The summed E-state index contributed by atoms with van der Waals surface area (Å²) >= 11 is 1.47. The molecule has 1 aliphatic heterocycles. The molecule has 0 spiro atoms. The predicted octanol–water partition coefficient (Wildman–Crippen LogP) is 3.56. The molecule has 1 N–H and O–H groups in total. The Bertz CT molecular complexity index is 1110. The summed E-state index contributed by atoms with van der Waals surface area (Å²) in [5.74, 6) is 1.32. The second-order valence-corrected chi connectivity index (χ2v) is 7.78. The van der Waals surface area contributed by atoms with Gasteiger partial charge in [-0.05, 0) is 11.6 Å². The fourth-order valence-corrected chi connectivity index (χ4v) is 4.53. The molecule has 1 amide bonds. The minimum absolute atomic E-state index is 0.131. The number of anilines is 1. The summed E-state index contributed by atoms with van der Waals surface area (Å²) in [6, 6.07) is 17.5. The van der Waals surface area contributed by atoms with Crippen molar-refractivity contribution in [3.05, 3.63) is 81.6 Å². The Kier molecular flexibility index (Phi) is 5.40. The molecule has 0 fully saturated rings. The molecule has 0 saturated carbocycles. The van der Waals surface area contributed by atoms with Crippen LogP contribution in [-0.2, 0) is 17.6 Å². The van der Waals surface area contributed by atoms with Gasteiger partial charge in [0, 0.05) is 30.7 Å². The molecule has 1 atom stereocenters. The van der Waals surface area contributed by atoms with Crippen molar-refractivity contribution in [2.24, 2.45) is 7.05 Å². The van der Waals surface area contributed by atoms with Crippen molar-refractivity contribution in [1.82, 2.24) is 9.55 Å². The molecule has 2 aromatic carbocycles. The maximum atomic E-state index is 13.0. The molecular formula is C22H21N3O3S. The van der Waals surface area contributed by atoms with Gasteiger partial charge in [-0.3, -0.25) is 9.59 Å². The standard InChI is InChI=1S/C22H21N3O3S/c1-25-20-19(21(27)24-22(25)29-13-14-8-4-3-5-9-14)16(12-18(26)23-20)15-10-6-7-11-17(15)28-2/h3-11,16H,12-13H2,1-2H3,(H,23,26). The van der Waals surface area contributed by atoms with E-state index in [1.807, 2.05) is 61.6 Å². The number of ether oxygens (including phenoxy) is 1.